The maximum absolute atomic E-state index is 13.1. The summed E-state index contributed by atoms with van der Waals surface area (Å²) < 4.78 is 5.51. The van der Waals surface area contributed by atoms with Gasteiger partial charge in [-0.15, -0.1) is 0 Å². The number of esters is 1. The number of carbonyl (C=O) groups excluding carboxylic acids is 3. The molecule has 0 aliphatic heterocycles. The molecule has 168 valence electrons. The minimum absolute atomic E-state index is 0.0137. The van der Waals surface area contributed by atoms with Gasteiger partial charge in [0, 0.05) is 24.2 Å². The molecule has 1 unspecified atom stereocenters. The molecule has 0 aromatic heterocycles. The van der Waals surface area contributed by atoms with E-state index < -0.39 is 22.9 Å². The van der Waals surface area contributed by atoms with Gasteiger partial charge in [-0.3, -0.25) is 19.7 Å². The van der Waals surface area contributed by atoms with Crippen LogP contribution in [0.2, 0.25) is 0 Å². The first-order valence-electron chi connectivity index (χ1n) is 9.94. The van der Waals surface area contributed by atoms with E-state index in [1.54, 1.807) is 55.5 Å². The second-order valence-electron chi connectivity index (χ2n) is 7.22. The van der Waals surface area contributed by atoms with Crippen LogP contribution in [0.1, 0.15) is 34.5 Å². The Morgan fingerprint density at radius 3 is 2.33 bits per heavy atom. The first kappa shape index (κ1) is 23.1. The molecule has 3 rings (SSSR count). The van der Waals surface area contributed by atoms with Crippen LogP contribution in [0.4, 0.5) is 17.1 Å². The third-order valence-corrected chi connectivity index (χ3v) is 4.59. The highest BCUT2D eigenvalue weighted by Crippen LogP contribution is 2.28. The molecular formula is C24H21N3O6. The van der Waals surface area contributed by atoms with Crippen LogP contribution < -0.4 is 10.6 Å². The second-order valence-corrected chi connectivity index (χ2v) is 7.22. The lowest BCUT2D eigenvalue weighted by atomic mass is 10.1. The number of benzene rings is 3. The zero-order chi connectivity index (χ0) is 24.0. The number of ether oxygens (including phenoxy) is 1. The van der Waals surface area contributed by atoms with E-state index in [9.17, 15) is 24.5 Å². The molecule has 0 bridgehead atoms. The summed E-state index contributed by atoms with van der Waals surface area (Å²) in [6.45, 7) is 3.03. The van der Waals surface area contributed by atoms with Gasteiger partial charge in [-0.1, -0.05) is 42.5 Å². The Morgan fingerprint density at radius 2 is 1.67 bits per heavy atom. The fraction of sp³-hybridized carbons (Fsp3) is 0.125. The average molecular weight is 447 g/mol. The largest absolute Gasteiger partial charge is 0.444 e. The van der Waals surface area contributed by atoms with Gasteiger partial charge in [-0.05, 0) is 36.8 Å². The smallest absolute Gasteiger partial charge is 0.339 e. The van der Waals surface area contributed by atoms with E-state index in [-0.39, 0.29) is 22.8 Å². The lowest BCUT2D eigenvalue weighted by Gasteiger charge is -2.18. The fourth-order valence-electron chi connectivity index (χ4n) is 3.10. The maximum Gasteiger partial charge on any atom is 0.339 e. The van der Waals surface area contributed by atoms with Crippen molar-refractivity contribution in [1.82, 2.24) is 0 Å². The predicted octanol–water partition coefficient (Wildman–Crippen LogP) is 4.40. The van der Waals surface area contributed by atoms with E-state index in [1.807, 2.05) is 0 Å². The molecule has 0 radical (unpaired) electrons. The van der Waals surface area contributed by atoms with Crippen LogP contribution >= 0.6 is 0 Å². The predicted molar refractivity (Wildman–Crippen MR) is 122 cm³/mol. The summed E-state index contributed by atoms with van der Waals surface area (Å²) in [6, 6.07) is 18.8. The molecular weight excluding hydrogens is 426 g/mol. The van der Waals surface area contributed by atoms with Crippen LogP contribution in [-0.4, -0.2) is 22.7 Å². The van der Waals surface area contributed by atoms with Crippen molar-refractivity contribution in [2.75, 3.05) is 10.6 Å². The van der Waals surface area contributed by atoms with Gasteiger partial charge in [0.25, 0.3) is 11.6 Å². The number of hydrogen-bond donors (Lipinski definition) is 2. The SMILES string of the molecule is CC(=O)Nc1cccc(C(=O)OC(C(=O)Nc2ccc(C)cc2[N+](=O)[O-])c2ccccc2)c1. The zero-order valence-electron chi connectivity index (χ0n) is 17.9. The van der Waals surface area contributed by atoms with Crippen molar-refractivity contribution in [2.45, 2.75) is 20.0 Å². The van der Waals surface area contributed by atoms with E-state index in [0.29, 0.717) is 16.8 Å². The highest BCUT2D eigenvalue weighted by atomic mass is 16.6. The van der Waals surface area contributed by atoms with Crippen LogP contribution in [0.15, 0.2) is 72.8 Å². The molecule has 0 saturated heterocycles. The summed E-state index contributed by atoms with van der Waals surface area (Å²) in [4.78, 5) is 48.0. The van der Waals surface area contributed by atoms with Gasteiger partial charge in [0.2, 0.25) is 12.0 Å². The molecule has 3 aromatic rings. The Balaban J connectivity index is 1.89. The first-order chi connectivity index (χ1) is 15.7. The number of rotatable bonds is 7. The third-order valence-electron chi connectivity index (χ3n) is 4.59. The molecule has 0 spiro atoms. The van der Waals surface area contributed by atoms with Crippen LogP contribution in [0, 0.1) is 17.0 Å². The summed E-state index contributed by atoms with van der Waals surface area (Å²) in [5, 5.41) is 16.5. The highest BCUT2D eigenvalue weighted by Gasteiger charge is 2.28. The zero-order valence-corrected chi connectivity index (χ0v) is 17.9. The number of hydrogen-bond acceptors (Lipinski definition) is 6. The highest BCUT2D eigenvalue weighted by molar-refractivity contribution is 6.00. The lowest BCUT2D eigenvalue weighted by molar-refractivity contribution is -0.384. The minimum atomic E-state index is -1.37. The van der Waals surface area contributed by atoms with E-state index in [2.05, 4.69) is 10.6 Å². The maximum atomic E-state index is 13.1. The topological polar surface area (TPSA) is 128 Å². The minimum Gasteiger partial charge on any atom is -0.444 e. The standard InChI is InChI=1S/C24H21N3O6/c1-15-11-12-20(21(13-15)27(31)32)26-23(29)22(17-7-4-3-5-8-17)33-24(30)18-9-6-10-19(14-18)25-16(2)28/h3-14,22H,1-2H3,(H,25,28)(H,26,29). The molecule has 0 heterocycles. The fourth-order valence-corrected chi connectivity index (χ4v) is 3.10. The average Bonchev–Trinajstić information content (AvgIpc) is 2.78. The van der Waals surface area contributed by atoms with E-state index in [0.717, 1.165) is 0 Å². The van der Waals surface area contributed by atoms with Crippen LogP contribution in [0.25, 0.3) is 0 Å². The summed E-state index contributed by atoms with van der Waals surface area (Å²) in [6.07, 6.45) is -1.37. The van der Waals surface area contributed by atoms with E-state index >= 15 is 0 Å². The number of nitro groups is 1. The van der Waals surface area contributed by atoms with Crippen molar-refractivity contribution >= 4 is 34.8 Å². The number of amides is 2. The van der Waals surface area contributed by atoms with Gasteiger partial charge >= 0.3 is 5.97 Å². The Bertz CT molecular complexity index is 1210. The first-order valence-corrected chi connectivity index (χ1v) is 9.94. The van der Waals surface area contributed by atoms with Gasteiger partial charge in [-0.25, -0.2) is 4.79 Å². The Hall–Kier alpha value is -4.53. The Morgan fingerprint density at radius 1 is 0.939 bits per heavy atom. The summed E-state index contributed by atoms with van der Waals surface area (Å²) in [7, 11) is 0. The van der Waals surface area contributed by atoms with Gasteiger partial charge < -0.3 is 15.4 Å². The van der Waals surface area contributed by atoms with Crippen LogP contribution in [0.3, 0.4) is 0 Å². The molecule has 1 atom stereocenters. The normalized spacial score (nSPS) is 11.2. The van der Waals surface area contributed by atoms with Crippen molar-refractivity contribution in [3.8, 4) is 0 Å². The van der Waals surface area contributed by atoms with Crippen molar-refractivity contribution in [2.24, 2.45) is 0 Å². The number of aryl methyl sites for hydroxylation is 1. The van der Waals surface area contributed by atoms with E-state index in [1.165, 1.54) is 31.2 Å². The van der Waals surface area contributed by atoms with Gasteiger partial charge in [0.05, 0.1) is 10.5 Å². The number of anilines is 2. The monoisotopic (exact) mass is 447 g/mol. The molecule has 2 amide bonds. The third kappa shape index (κ3) is 6.01. The van der Waals surface area contributed by atoms with Crippen molar-refractivity contribution < 1.29 is 24.0 Å². The lowest BCUT2D eigenvalue weighted by Crippen LogP contribution is -2.26. The van der Waals surface area contributed by atoms with Gasteiger partial charge in [0.15, 0.2) is 0 Å². The van der Waals surface area contributed by atoms with Crippen LogP contribution in [-0.2, 0) is 14.3 Å². The Labute approximate surface area is 189 Å². The molecule has 9 nitrogen and oxygen atoms in total. The second kappa shape index (κ2) is 10.2. The van der Waals surface area contributed by atoms with Crippen molar-refractivity contribution in [3.05, 3.63) is 99.6 Å². The molecule has 0 aliphatic carbocycles. The molecule has 0 fully saturated rings. The van der Waals surface area contributed by atoms with Crippen molar-refractivity contribution in [1.29, 1.82) is 0 Å². The summed E-state index contributed by atoms with van der Waals surface area (Å²) in [5.41, 5.74) is 1.27. The number of nitrogens with one attached hydrogen (secondary N) is 2. The molecule has 0 saturated carbocycles. The molecule has 9 heteroatoms. The number of nitrogens with zero attached hydrogens (tertiary/aromatic N) is 1. The molecule has 3 aromatic carbocycles. The Kier molecular flexibility index (Phi) is 7.14. The summed E-state index contributed by atoms with van der Waals surface area (Å²) >= 11 is 0. The number of nitro benzene ring substituents is 1. The van der Waals surface area contributed by atoms with Crippen molar-refractivity contribution in [3.63, 3.8) is 0 Å². The van der Waals surface area contributed by atoms with Gasteiger partial charge in [0.1, 0.15) is 5.69 Å². The molecule has 2 N–H and O–H groups in total. The van der Waals surface area contributed by atoms with Crippen LogP contribution in [0.5, 0.6) is 0 Å². The summed E-state index contributed by atoms with van der Waals surface area (Å²) in [5.74, 6) is -1.86. The van der Waals surface area contributed by atoms with E-state index in [4.69, 9.17) is 4.74 Å². The molecule has 0 aliphatic rings. The quantitative estimate of drug-likeness (QED) is 0.314. The van der Waals surface area contributed by atoms with Gasteiger partial charge in [-0.2, -0.15) is 0 Å². The molecule has 33 heavy (non-hydrogen) atoms. The number of carbonyl (C=O) groups is 3.